The first-order valence-corrected chi connectivity index (χ1v) is 4.35. The first-order valence-electron chi connectivity index (χ1n) is 4.35. The molecule has 0 aromatic heterocycles. The molecule has 1 atom stereocenters. The van der Waals surface area contributed by atoms with E-state index in [0.29, 0.717) is 11.3 Å². The number of hydrogen-bond donors (Lipinski definition) is 3. The van der Waals surface area contributed by atoms with Crippen molar-refractivity contribution in [1.82, 2.24) is 0 Å². The Bertz CT molecular complexity index is 308. The van der Waals surface area contributed by atoms with Crippen LogP contribution in [0.4, 0.5) is 5.69 Å². The van der Waals surface area contributed by atoms with Crippen LogP contribution in [0.2, 0.25) is 0 Å². The van der Waals surface area contributed by atoms with E-state index in [4.69, 9.17) is 10.8 Å². The summed E-state index contributed by atoms with van der Waals surface area (Å²) in [6.45, 7) is 0. The largest absolute Gasteiger partial charge is 0.481 e. The van der Waals surface area contributed by atoms with Crippen LogP contribution in [0.3, 0.4) is 0 Å². The van der Waals surface area contributed by atoms with Crippen molar-refractivity contribution in [3.63, 3.8) is 0 Å². The lowest BCUT2D eigenvalue weighted by atomic mass is 10.0. The maximum atomic E-state index is 10.3. The SMILES string of the molecule is Nc1ccc(C(O)CCC(=O)O)cc1. The lowest BCUT2D eigenvalue weighted by molar-refractivity contribution is -0.137. The predicted molar refractivity (Wildman–Crippen MR) is 52.7 cm³/mol. The van der Waals surface area contributed by atoms with Crippen LogP contribution in [0, 0.1) is 0 Å². The monoisotopic (exact) mass is 195 g/mol. The van der Waals surface area contributed by atoms with Gasteiger partial charge in [0.1, 0.15) is 0 Å². The molecule has 4 nitrogen and oxygen atoms in total. The van der Waals surface area contributed by atoms with Crippen LogP contribution in [0.1, 0.15) is 24.5 Å². The van der Waals surface area contributed by atoms with Gasteiger partial charge in [-0.1, -0.05) is 12.1 Å². The van der Waals surface area contributed by atoms with E-state index in [2.05, 4.69) is 0 Å². The molecule has 1 unspecified atom stereocenters. The third-order valence-electron chi connectivity index (χ3n) is 1.95. The fraction of sp³-hybridized carbons (Fsp3) is 0.300. The summed E-state index contributed by atoms with van der Waals surface area (Å²) in [5.41, 5.74) is 6.79. The molecular formula is C10H13NO3. The predicted octanol–water partition coefficient (Wildman–Crippen LogP) is 1.17. The lowest BCUT2D eigenvalue weighted by Gasteiger charge is -2.09. The van der Waals surface area contributed by atoms with E-state index >= 15 is 0 Å². The van der Waals surface area contributed by atoms with Crippen LogP contribution in [-0.4, -0.2) is 16.2 Å². The molecule has 4 N–H and O–H groups in total. The van der Waals surface area contributed by atoms with Crippen LogP contribution in [0.5, 0.6) is 0 Å². The highest BCUT2D eigenvalue weighted by molar-refractivity contribution is 5.66. The topological polar surface area (TPSA) is 83.5 Å². The second-order valence-electron chi connectivity index (χ2n) is 3.11. The normalized spacial score (nSPS) is 12.4. The summed E-state index contributed by atoms with van der Waals surface area (Å²) in [7, 11) is 0. The number of aliphatic hydroxyl groups excluding tert-OH is 1. The van der Waals surface area contributed by atoms with Crippen LogP contribution in [0.15, 0.2) is 24.3 Å². The van der Waals surface area contributed by atoms with Gasteiger partial charge in [-0.15, -0.1) is 0 Å². The second kappa shape index (κ2) is 4.62. The summed E-state index contributed by atoms with van der Waals surface area (Å²) >= 11 is 0. The minimum Gasteiger partial charge on any atom is -0.481 e. The number of benzene rings is 1. The van der Waals surface area contributed by atoms with Gasteiger partial charge in [0.25, 0.3) is 0 Å². The molecule has 0 amide bonds. The number of hydrogen-bond acceptors (Lipinski definition) is 3. The molecule has 0 spiro atoms. The van der Waals surface area contributed by atoms with E-state index in [-0.39, 0.29) is 12.8 Å². The van der Waals surface area contributed by atoms with Gasteiger partial charge in [0, 0.05) is 12.1 Å². The molecule has 1 rings (SSSR count). The van der Waals surface area contributed by atoms with E-state index < -0.39 is 12.1 Å². The highest BCUT2D eigenvalue weighted by atomic mass is 16.4. The third kappa shape index (κ3) is 3.06. The van der Waals surface area contributed by atoms with Gasteiger partial charge in [0.2, 0.25) is 0 Å². The van der Waals surface area contributed by atoms with Gasteiger partial charge in [0.05, 0.1) is 6.10 Å². The van der Waals surface area contributed by atoms with Gasteiger partial charge in [-0.25, -0.2) is 0 Å². The van der Waals surface area contributed by atoms with Crippen molar-refractivity contribution < 1.29 is 15.0 Å². The van der Waals surface area contributed by atoms with Crippen molar-refractivity contribution in [2.75, 3.05) is 5.73 Å². The van der Waals surface area contributed by atoms with E-state index in [1.165, 1.54) is 0 Å². The maximum absolute atomic E-state index is 10.3. The molecule has 14 heavy (non-hydrogen) atoms. The molecule has 76 valence electrons. The average molecular weight is 195 g/mol. The van der Waals surface area contributed by atoms with Crippen molar-refractivity contribution in [3.05, 3.63) is 29.8 Å². The van der Waals surface area contributed by atoms with Gasteiger partial charge in [-0.2, -0.15) is 0 Å². The number of nitrogens with two attached hydrogens (primary N) is 1. The van der Waals surface area contributed by atoms with Crippen LogP contribution in [-0.2, 0) is 4.79 Å². The van der Waals surface area contributed by atoms with Crippen molar-refractivity contribution >= 4 is 11.7 Å². The molecule has 0 radical (unpaired) electrons. The number of anilines is 1. The molecule has 1 aromatic rings. The van der Waals surface area contributed by atoms with Crippen molar-refractivity contribution in [3.8, 4) is 0 Å². The van der Waals surface area contributed by atoms with Gasteiger partial charge in [0.15, 0.2) is 0 Å². The number of nitrogen functional groups attached to an aromatic ring is 1. The van der Waals surface area contributed by atoms with Gasteiger partial charge in [-0.3, -0.25) is 4.79 Å². The summed E-state index contributed by atoms with van der Waals surface area (Å²) in [6.07, 6.45) is -0.545. The van der Waals surface area contributed by atoms with Gasteiger partial charge in [-0.05, 0) is 24.1 Å². The quantitative estimate of drug-likeness (QED) is 0.629. The van der Waals surface area contributed by atoms with E-state index in [0.717, 1.165) is 0 Å². The summed E-state index contributed by atoms with van der Waals surface area (Å²) in [5.74, 6) is -0.903. The van der Waals surface area contributed by atoms with Crippen molar-refractivity contribution in [2.24, 2.45) is 0 Å². The summed E-state index contributed by atoms with van der Waals surface area (Å²) < 4.78 is 0. The molecule has 0 bridgehead atoms. The average Bonchev–Trinajstić information content (AvgIpc) is 2.15. The van der Waals surface area contributed by atoms with Gasteiger partial charge >= 0.3 is 5.97 Å². The molecular weight excluding hydrogens is 182 g/mol. The zero-order chi connectivity index (χ0) is 10.6. The fourth-order valence-electron chi connectivity index (χ4n) is 1.15. The molecule has 0 aliphatic heterocycles. The summed E-state index contributed by atoms with van der Waals surface area (Å²) in [4.78, 5) is 10.3. The Morgan fingerprint density at radius 3 is 2.43 bits per heavy atom. The Hall–Kier alpha value is -1.55. The molecule has 0 saturated carbocycles. The number of carboxylic acids is 1. The summed E-state index contributed by atoms with van der Waals surface area (Å²) in [5, 5.41) is 18.0. The lowest BCUT2D eigenvalue weighted by Crippen LogP contribution is -2.02. The Balaban J connectivity index is 2.56. The highest BCUT2D eigenvalue weighted by Crippen LogP contribution is 2.19. The Morgan fingerprint density at radius 2 is 1.93 bits per heavy atom. The molecule has 4 heteroatoms. The Labute approximate surface area is 82.0 Å². The third-order valence-corrected chi connectivity index (χ3v) is 1.95. The first kappa shape index (κ1) is 10.5. The first-order chi connectivity index (χ1) is 6.59. The van der Waals surface area contributed by atoms with E-state index in [1.54, 1.807) is 24.3 Å². The number of rotatable bonds is 4. The number of carbonyl (C=O) groups is 1. The molecule has 0 fully saturated rings. The molecule has 0 aliphatic rings. The molecule has 0 saturated heterocycles. The van der Waals surface area contributed by atoms with Crippen LogP contribution in [0.25, 0.3) is 0 Å². The zero-order valence-corrected chi connectivity index (χ0v) is 7.68. The van der Waals surface area contributed by atoms with Crippen LogP contribution < -0.4 is 5.73 Å². The van der Waals surface area contributed by atoms with Crippen LogP contribution >= 0.6 is 0 Å². The minimum absolute atomic E-state index is 0.0362. The maximum Gasteiger partial charge on any atom is 0.303 e. The Morgan fingerprint density at radius 1 is 1.36 bits per heavy atom. The standard InChI is InChI=1S/C10H13NO3/c11-8-3-1-7(2-4-8)9(12)5-6-10(13)14/h1-4,9,12H,5-6,11H2,(H,13,14). The fourth-order valence-corrected chi connectivity index (χ4v) is 1.15. The minimum atomic E-state index is -0.903. The van der Waals surface area contributed by atoms with E-state index in [9.17, 15) is 9.90 Å². The van der Waals surface area contributed by atoms with Crippen molar-refractivity contribution in [2.45, 2.75) is 18.9 Å². The van der Waals surface area contributed by atoms with Gasteiger partial charge < -0.3 is 15.9 Å². The summed E-state index contributed by atoms with van der Waals surface area (Å²) in [6, 6.07) is 6.75. The molecule has 1 aromatic carbocycles. The number of carboxylic acid groups (broad SMARTS) is 1. The zero-order valence-electron chi connectivity index (χ0n) is 7.68. The smallest absolute Gasteiger partial charge is 0.303 e. The van der Waals surface area contributed by atoms with Crippen molar-refractivity contribution in [1.29, 1.82) is 0 Å². The second-order valence-corrected chi connectivity index (χ2v) is 3.11. The van der Waals surface area contributed by atoms with E-state index in [1.807, 2.05) is 0 Å². The number of aliphatic carboxylic acids is 1. The number of aliphatic hydroxyl groups is 1. The highest BCUT2D eigenvalue weighted by Gasteiger charge is 2.08. The Kier molecular flexibility index (Phi) is 3.48. The molecule has 0 aliphatic carbocycles. The molecule has 0 heterocycles.